The average molecular weight is 276 g/mol. The fourth-order valence-electron chi connectivity index (χ4n) is 2.74. The molecule has 0 radical (unpaired) electrons. The summed E-state index contributed by atoms with van der Waals surface area (Å²) in [4.78, 5) is 14.6. The Morgan fingerprint density at radius 1 is 1.40 bits per heavy atom. The third kappa shape index (κ3) is 3.38. The monoisotopic (exact) mass is 276 g/mol. The number of rotatable bonds is 4. The van der Waals surface area contributed by atoms with Crippen LogP contribution >= 0.6 is 0 Å². The Morgan fingerprint density at radius 2 is 2.10 bits per heavy atom. The van der Waals surface area contributed by atoms with E-state index in [0.29, 0.717) is 19.6 Å². The molecule has 3 atom stereocenters. The smallest absolute Gasteiger partial charge is 0.231 e. The first-order valence-electron chi connectivity index (χ1n) is 7.35. The van der Waals surface area contributed by atoms with E-state index in [1.165, 1.54) is 0 Å². The Balaban J connectivity index is 2.12. The van der Waals surface area contributed by atoms with E-state index in [0.717, 1.165) is 12.0 Å². The minimum absolute atomic E-state index is 0.0897. The van der Waals surface area contributed by atoms with Gasteiger partial charge in [0.25, 0.3) is 0 Å². The van der Waals surface area contributed by atoms with E-state index in [2.05, 4.69) is 6.92 Å². The SMILES string of the molecule is CC[C@@H]1CN(C(=O)[C@H](CN)c2ccccc2)C[C@H](C)O1. The minimum Gasteiger partial charge on any atom is -0.372 e. The first-order chi connectivity index (χ1) is 9.65. The van der Waals surface area contributed by atoms with Gasteiger partial charge in [-0.25, -0.2) is 0 Å². The molecule has 1 aliphatic rings. The lowest BCUT2D eigenvalue weighted by Crippen LogP contribution is -2.51. The maximum atomic E-state index is 12.7. The van der Waals surface area contributed by atoms with Gasteiger partial charge in [-0.05, 0) is 18.9 Å². The van der Waals surface area contributed by atoms with Crippen molar-refractivity contribution in [1.82, 2.24) is 4.90 Å². The summed E-state index contributed by atoms with van der Waals surface area (Å²) in [5.74, 6) is -0.133. The van der Waals surface area contributed by atoms with Crippen LogP contribution in [0.5, 0.6) is 0 Å². The van der Waals surface area contributed by atoms with Crippen LogP contribution in [-0.4, -0.2) is 42.6 Å². The number of carbonyl (C=O) groups is 1. The van der Waals surface area contributed by atoms with Crippen LogP contribution < -0.4 is 5.73 Å². The molecule has 0 aromatic heterocycles. The van der Waals surface area contributed by atoms with E-state index < -0.39 is 0 Å². The molecule has 1 aromatic carbocycles. The van der Waals surface area contributed by atoms with Gasteiger partial charge in [-0.3, -0.25) is 4.79 Å². The lowest BCUT2D eigenvalue weighted by molar-refractivity contribution is -0.145. The van der Waals surface area contributed by atoms with Crippen LogP contribution in [0.4, 0.5) is 0 Å². The van der Waals surface area contributed by atoms with Crippen molar-refractivity contribution in [2.24, 2.45) is 5.73 Å². The quantitative estimate of drug-likeness (QED) is 0.911. The molecule has 1 saturated heterocycles. The summed E-state index contributed by atoms with van der Waals surface area (Å²) in [5.41, 5.74) is 6.83. The maximum absolute atomic E-state index is 12.7. The molecular formula is C16H24N2O2. The highest BCUT2D eigenvalue weighted by Crippen LogP contribution is 2.21. The predicted octanol–water partition coefficient (Wildman–Crippen LogP) is 1.75. The van der Waals surface area contributed by atoms with Gasteiger partial charge in [-0.15, -0.1) is 0 Å². The molecule has 1 heterocycles. The maximum Gasteiger partial charge on any atom is 0.231 e. The van der Waals surface area contributed by atoms with Gasteiger partial charge in [-0.2, -0.15) is 0 Å². The van der Waals surface area contributed by atoms with E-state index in [-0.39, 0.29) is 24.0 Å². The van der Waals surface area contributed by atoms with Gasteiger partial charge in [0.2, 0.25) is 5.91 Å². The molecule has 0 saturated carbocycles. The molecule has 110 valence electrons. The van der Waals surface area contributed by atoms with Gasteiger partial charge in [-0.1, -0.05) is 37.3 Å². The van der Waals surface area contributed by atoms with Crippen molar-refractivity contribution >= 4 is 5.91 Å². The second-order valence-electron chi connectivity index (χ2n) is 5.42. The molecule has 1 aromatic rings. The topological polar surface area (TPSA) is 55.6 Å². The van der Waals surface area contributed by atoms with E-state index in [9.17, 15) is 4.79 Å². The fraction of sp³-hybridized carbons (Fsp3) is 0.562. The molecule has 0 unspecified atom stereocenters. The Bertz CT molecular complexity index is 435. The van der Waals surface area contributed by atoms with Crippen LogP contribution in [0.2, 0.25) is 0 Å². The van der Waals surface area contributed by atoms with Gasteiger partial charge < -0.3 is 15.4 Å². The van der Waals surface area contributed by atoms with Gasteiger partial charge in [0, 0.05) is 19.6 Å². The predicted molar refractivity (Wildman–Crippen MR) is 79.4 cm³/mol. The largest absolute Gasteiger partial charge is 0.372 e. The molecule has 20 heavy (non-hydrogen) atoms. The molecule has 2 rings (SSSR count). The molecule has 1 amide bonds. The molecule has 0 aliphatic carbocycles. The van der Waals surface area contributed by atoms with Crippen LogP contribution in [0, 0.1) is 0 Å². The van der Waals surface area contributed by atoms with Gasteiger partial charge >= 0.3 is 0 Å². The number of carbonyl (C=O) groups excluding carboxylic acids is 1. The number of nitrogens with zero attached hydrogens (tertiary/aromatic N) is 1. The normalized spacial score (nSPS) is 24.4. The highest BCUT2D eigenvalue weighted by Gasteiger charge is 2.31. The second kappa shape index (κ2) is 6.86. The first-order valence-corrected chi connectivity index (χ1v) is 7.35. The minimum atomic E-state index is -0.251. The molecular weight excluding hydrogens is 252 g/mol. The summed E-state index contributed by atoms with van der Waals surface area (Å²) in [6.07, 6.45) is 1.15. The average Bonchev–Trinajstić information content (AvgIpc) is 2.48. The summed E-state index contributed by atoms with van der Waals surface area (Å²) < 4.78 is 5.81. The van der Waals surface area contributed by atoms with Crippen molar-refractivity contribution < 1.29 is 9.53 Å². The summed E-state index contributed by atoms with van der Waals surface area (Å²) in [7, 11) is 0. The van der Waals surface area contributed by atoms with Crippen LogP contribution in [-0.2, 0) is 9.53 Å². The summed E-state index contributed by atoms with van der Waals surface area (Å²) in [6.45, 7) is 5.76. The number of hydrogen-bond acceptors (Lipinski definition) is 3. The van der Waals surface area contributed by atoms with E-state index >= 15 is 0 Å². The summed E-state index contributed by atoms with van der Waals surface area (Å²) >= 11 is 0. The van der Waals surface area contributed by atoms with Crippen molar-refractivity contribution in [1.29, 1.82) is 0 Å². The van der Waals surface area contributed by atoms with E-state index in [1.807, 2.05) is 42.2 Å². The molecule has 0 spiro atoms. The van der Waals surface area contributed by atoms with Gasteiger partial charge in [0.1, 0.15) is 0 Å². The Kier molecular flexibility index (Phi) is 5.15. The molecule has 0 bridgehead atoms. The Labute approximate surface area is 120 Å². The number of ether oxygens (including phenoxy) is 1. The molecule has 1 aliphatic heterocycles. The van der Waals surface area contributed by atoms with Crippen molar-refractivity contribution in [2.75, 3.05) is 19.6 Å². The Morgan fingerprint density at radius 3 is 2.70 bits per heavy atom. The molecule has 4 heteroatoms. The lowest BCUT2D eigenvalue weighted by Gasteiger charge is -2.38. The van der Waals surface area contributed by atoms with Gasteiger partial charge in [0.15, 0.2) is 0 Å². The van der Waals surface area contributed by atoms with Crippen molar-refractivity contribution in [3.63, 3.8) is 0 Å². The number of amides is 1. The molecule has 4 nitrogen and oxygen atoms in total. The third-order valence-electron chi connectivity index (χ3n) is 3.83. The van der Waals surface area contributed by atoms with E-state index in [1.54, 1.807) is 0 Å². The lowest BCUT2D eigenvalue weighted by atomic mass is 9.97. The highest BCUT2D eigenvalue weighted by atomic mass is 16.5. The van der Waals surface area contributed by atoms with Crippen LogP contribution in [0.25, 0.3) is 0 Å². The zero-order chi connectivity index (χ0) is 14.5. The number of benzene rings is 1. The molecule has 1 fully saturated rings. The first kappa shape index (κ1) is 15.0. The summed E-state index contributed by atoms with van der Waals surface area (Å²) in [6, 6.07) is 9.78. The number of nitrogens with two attached hydrogens (primary N) is 1. The van der Waals surface area contributed by atoms with Crippen LogP contribution in [0.15, 0.2) is 30.3 Å². The van der Waals surface area contributed by atoms with Crippen molar-refractivity contribution in [3.8, 4) is 0 Å². The zero-order valence-corrected chi connectivity index (χ0v) is 12.3. The van der Waals surface area contributed by atoms with Crippen molar-refractivity contribution in [2.45, 2.75) is 38.4 Å². The zero-order valence-electron chi connectivity index (χ0n) is 12.3. The van der Waals surface area contributed by atoms with Crippen molar-refractivity contribution in [3.05, 3.63) is 35.9 Å². The fourth-order valence-corrected chi connectivity index (χ4v) is 2.74. The van der Waals surface area contributed by atoms with E-state index in [4.69, 9.17) is 10.5 Å². The number of morpholine rings is 1. The third-order valence-corrected chi connectivity index (χ3v) is 3.83. The van der Waals surface area contributed by atoms with Gasteiger partial charge in [0.05, 0.1) is 18.1 Å². The standard InChI is InChI=1S/C16H24N2O2/c1-3-14-11-18(10-12(2)20-14)16(19)15(9-17)13-7-5-4-6-8-13/h4-8,12,14-15H,3,9-11,17H2,1-2H3/t12-,14+,15+/m0/s1. The summed E-state index contributed by atoms with van der Waals surface area (Å²) in [5, 5.41) is 0. The Hall–Kier alpha value is -1.39. The molecule has 2 N–H and O–H groups in total. The van der Waals surface area contributed by atoms with Crippen LogP contribution in [0.3, 0.4) is 0 Å². The number of hydrogen-bond donors (Lipinski definition) is 1. The van der Waals surface area contributed by atoms with Crippen LogP contribution in [0.1, 0.15) is 31.7 Å². The second-order valence-corrected chi connectivity index (χ2v) is 5.42. The highest BCUT2D eigenvalue weighted by molar-refractivity contribution is 5.84.